The van der Waals surface area contributed by atoms with E-state index in [1.165, 1.54) is 23.1 Å². The van der Waals surface area contributed by atoms with Crippen molar-refractivity contribution in [1.82, 2.24) is 9.88 Å². The van der Waals surface area contributed by atoms with Crippen LogP contribution in [-0.2, 0) is 22.4 Å². The number of aromatic amines is 1. The number of nitrogens with zero attached hydrogens (tertiary/aromatic N) is 2. The molecule has 4 aromatic rings. The van der Waals surface area contributed by atoms with E-state index in [0.717, 1.165) is 16.5 Å². The molecule has 3 aromatic carbocycles. The highest BCUT2D eigenvalue weighted by atomic mass is 16.6. The van der Waals surface area contributed by atoms with Crippen molar-refractivity contribution in [3.63, 3.8) is 0 Å². The number of para-hydroxylation sites is 1. The average Bonchev–Trinajstić information content (AvgIpc) is 3.45. The number of nitro groups is 1. The van der Waals surface area contributed by atoms with Crippen molar-refractivity contribution < 1.29 is 24.4 Å². The van der Waals surface area contributed by atoms with E-state index in [2.05, 4.69) is 4.98 Å². The number of methoxy groups -OCH3 is 1. The zero-order chi connectivity index (χ0) is 26.8. The van der Waals surface area contributed by atoms with Gasteiger partial charge in [-0.25, -0.2) is 0 Å². The van der Waals surface area contributed by atoms with E-state index in [9.17, 15) is 24.8 Å². The Kier molecular flexibility index (Phi) is 6.66. The number of hydrogen-bond donors (Lipinski definition) is 2. The van der Waals surface area contributed by atoms with Crippen molar-refractivity contribution in [1.29, 1.82) is 0 Å². The molecule has 0 bridgehead atoms. The molecular formula is C29H25N3O6. The van der Waals surface area contributed by atoms with Crippen LogP contribution in [0.1, 0.15) is 22.7 Å². The largest absolute Gasteiger partial charge is 0.503 e. The number of carbonyl (C=O) groups excluding carboxylic acids is 2. The number of benzene rings is 3. The van der Waals surface area contributed by atoms with Gasteiger partial charge in [-0.15, -0.1) is 0 Å². The lowest BCUT2D eigenvalue weighted by atomic mass is 9.92. The number of hydrogen-bond acceptors (Lipinski definition) is 6. The lowest BCUT2D eigenvalue weighted by molar-refractivity contribution is -0.385. The van der Waals surface area contributed by atoms with Crippen LogP contribution in [0.4, 0.5) is 5.69 Å². The number of aromatic nitrogens is 1. The van der Waals surface area contributed by atoms with Crippen LogP contribution in [-0.4, -0.2) is 45.3 Å². The normalized spacial score (nSPS) is 15.3. The average molecular weight is 512 g/mol. The highest BCUT2D eigenvalue weighted by Gasteiger charge is 2.45. The monoisotopic (exact) mass is 511 g/mol. The molecule has 0 radical (unpaired) electrons. The summed E-state index contributed by atoms with van der Waals surface area (Å²) in [5.74, 6) is -1.19. The third-order valence-electron chi connectivity index (χ3n) is 6.84. The minimum absolute atomic E-state index is 0.0548. The van der Waals surface area contributed by atoms with Gasteiger partial charge in [0.2, 0.25) is 0 Å². The van der Waals surface area contributed by atoms with E-state index in [-0.39, 0.29) is 29.8 Å². The predicted octanol–water partition coefficient (Wildman–Crippen LogP) is 4.83. The van der Waals surface area contributed by atoms with Crippen molar-refractivity contribution in [3.8, 4) is 5.75 Å². The molecule has 1 atom stereocenters. The van der Waals surface area contributed by atoms with E-state index < -0.39 is 28.4 Å². The number of nitro benzene ring substituents is 1. The van der Waals surface area contributed by atoms with E-state index in [4.69, 9.17) is 4.74 Å². The molecule has 2 heterocycles. The zero-order valence-corrected chi connectivity index (χ0v) is 20.6. The molecule has 0 saturated carbocycles. The Labute approximate surface area is 218 Å². The van der Waals surface area contributed by atoms with Crippen LogP contribution in [0.15, 0.2) is 90.3 Å². The number of H-pyrrole nitrogens is 1. The maximum Gasteiger partial charge on any atom is 0.290 e. The Bertz CT molecular complexity index is 1570. The number of nitrogens with one attached hydrogen (secondary N) is 1. The summed E-state index contributed by atoms with van der Waals surface area (Å²) in [5.41, 5.74) is 2.31. The molecule has 5 rings (SSSR count). The highest BCUT2D eigenvalue weighted by Crippen LogP contribution is 2.42. The second-order valence-electron chi connectivity index (χ2n) is 9.04. The molecule has 192 valence electrons. The molecule has 0 unspecified atom stereocenters. The second-order valence-corrected chi connectivity index (χ2v) is 9.04. The fourth-order valence-electron chi connectivity index (χ4n) is 4.99. The summed E-state index contributed by atoms with van der Waals surface area (Å²) in [4.78, 5) is 42.7. The van der Waals surface area contributed by atoms with Gasteiger partial charge < -0.3 is 19.7 Å². The molecule has 1 amide bonds. The van der Waals surface area contributed by atoms with Gasteiger partial charge in [-0.1, -0.05) is 42.5 Å². The summed E-state index contributed by atoms with van der Waals surface area (Å²) >= 11 is 0. The summed E-state index contributed by atoms with van der Waals surface area (Å²) < 4.78 is 5.34. The molecule has 38 heavy (non-hydrogen) atoms. The van der Waals surface area contributed by atoms with Crippen LogP contribution < -0.4 is 4.74 Å². The standard InChI is InChI=1S/C29H25N3O6/c1-38-20-11-12-23-22(16-20)19(17-30-23)13-14-31-27(21-9-5-6-10-24(21)32(36)37)26(28(34)29(31)35)25(33)15-18-7-3-2-4-8-18/h2-12,16-17,27,30,34H,13-15H2,1H3/t27-/m1/s1. The first-order valence-electron chi connectivity index (χ1n) is 12.1. The zero-order valence-electron chi connectivity index (χ0n) is 20.6. The first-order chi connectivity index (χ1) is 18.4. The van der Waals surface area contributed by atoms with Gasteiger partial charge in [0.15, 0.2) is 11.5 Å². The van der Waals surface area contributed by atoms with E-state index in [1.54, 1.807) is 37.4 Å². The summed E-state index contributed by atoms with van der Waals surface area (Å²) in [6.07, 6.45) is 2.16. The van der Waals surface area contributed by atoms with Crippen LogP contribution in [0.3, 0.4) is 0 Å². The second kappa shape index (κ2) is 10.2. The van der Waals surface area contributed by atoms with Gasteiger partial charge in [-0.3, -0.25) is 19.7 Å². The van der Waals surface area contributed by atoms with Crippen LogP contribution >= 0.6 is 0 Å². The molecule has 0 fully saturated rings. The van der Waals surface area contributed by atoms with Gasteiger partial charge >= 0.3 is 0 Å². The number of ether oxygens (including phenoxy) is 1. The van der Waals surface area contributed by atoms with Gasteiger partial charge in [-0.2, -0.15) is 0 Å². The third kappa shape index (κ3) is 4.50. The number of Topliss-reactive ketones (excluding diaryl/α,β-unsaturated/α-hetero) is 1. The highest BCUT2D eigenvalue weighted by molar-refractivity contribution is 6.09. The van der Waals surface area contributed by atoms with Gasteiger partial charge in [0.05, 0.1) is 29.2 Å². The van der Waals surface area contributed by atoms with Gasteiger partial charge in [0.25, 0.3) is 11.6 Å². The Morgan fingerprint density at radius 2 is 1.84 bits per heavy atom. The fraction of sp³-hybridized carbons (Fsp3) is 0.172. The van der Waals surface area contributed by atoms with Gasteiger partial charge in [0, 0.05) is 36.1 Å². The van der Waals surface area contributed by atoms with Crippen molar-refractivity contribution >= 4 is 28.3 Å². The maximum absolute atomic E-state index is 13.5. The molecule has 0 spiro atoms. The Balaban J connectivity index is 1.52. The van der Waals surface area contributed by atoms with Crippen molar-refractivity contribution in [3.05, 3.63) is 117 Å². The smallest absolute Gasteiger partial charge is 0.290 e. The third-order valence-corrected chi connectivity index (χ3v) is 6.84. The summed E-state index contributed by atoms with van der Waals surface area (Å²) in [6, 6.07) is 19.5. The van der Waals surface area contributed by atoms with Crippen molar-refractivity contribution in [2.24, 2.45) is 0 Å². The number of rotatable bonds is 9. The number of carbonyl (C=O) groups is 2. The Morgan fingerprint density at radius 3 is 2.58 bits per heavy atom. The van der Waals surface area contributed by atoms with E-state index >= 15 is 0 Å². The lowest BCUT2D eigenvalue weighted by Crippen LogP contribution is -2.33. The molecule has 1 aliphatic heterocycles. The number of aliphatic hydroxyl groups is 1. The summed E-state index contributed by atoms with van der Waals surface area (Å²) in [6.45, 7) is 0.117. The molecule has 9 nitrogen and oxygen atoms in total. The molecule has 0 saturated heterocycles. The first kappa shape index (κ1) is 24.8. The molecule has 0 aliphatic carbocycles. The minimum atomic E-state index is -1.10. The van der Waals surface area contributed by atoms with Crippen LogP contribution in [0, 0.1) is 10.1 Å². The minimum Gasteiger partial charge on any atom is -0.503 e. The van der Waals surface area contributed by atoms with Gasteiger partial charge in [-0.05, 0) is 41.8 Å². The molecular weight excluding hydrogens is 486 g/mol. The number of amides is 1. The number of fused-ring (bicyclic) bond motifs is 1. The Morgan fingerprint density at radius 1 is 1.11 bits per heavy atom. The van der Waals surface area contributed by atoms with Crippen molar-refractivity contribution in [2.45, 2.75) is 18.9 Å². The topological polar surface area (TPSA) is 126 Å². The van der Waals surface area contributed by atoms with Crippen LogP contribution in [0.25, 0.3) is 10.9 Å². The lowest BCUT2D eigenvalue weighted by Gasteiger charge is -2.26. The SMILES string of the molecule is COc1ccc2[nH]cc(CCN3C(=O)C(O)=C(C(=O)Cc4ccccc4)[C@H]3c3ccccc3[N+](=O)[O-])c2c1. The van der Waals surface area contributed by atoms with E-state index in [1.807, 2.05) is 30.5 Å². The maximum atomic E-state index is 13.5. The quantitative estimate of drug-likeness (QED) is 0.245. The molecule has 1 aromatic heterocycles. The molecule has 1 aliphatic rings. The van der Waals surface area contributed by atoms with Crippen molar-refractivity contribution in [2.75, 3.05) is 13.7 Å². The number of ketones is 1. The van der Waals surface area contributed by atoms with Crippen LogP contribution in [0.5, 0.6) is 5.75 Å². The summed E-state index contributed by atoms with van der Waals surface area (Å²) in [7, 11) is 1.58. The molecule has 2 N–H and O–H groups in total. The first-order valence-corrected chi connectivity index (χ1v) is 12.1. The van der Waals surface area contributed by atoms with E-state index in [0.29, 0.717) is 17.7 Å². The predicted molar refractivity (Wildman–Crippen MR) is 141 cm³/mol. The van der Waals surface area contributed by atoms with Gasteiger partial charge in [0.1, 0.15) is 5.75 Å². The fourth-order valence-corrected chi connectivity index (χ4v) is 4.99. The van der Waals surface area contributed by atoms with Crippen LogP contribution in [0.2, 0.25) is 0 Å². The summed E-state index contributed by atoms with van der Waals surface area (Å²) in [5, 5.41) is 23.7. The molecule has 9 heteroatoms. The number of aliphatic hydroxyl groups excluding tert-OH is 1. The Hall–Kier alpha value is -4.92.